The maximum atomic E-state index is 4.25. The Kier molecular flexibility index (Phi) is 1.17. The van der Waals surface area contributed by atoms with Crippen LogP contribution in [0.1, 0.15) is 0 Å². The molecule has 0 radical (unpaired) electrons. The van der Waals surface area contributed by atoms with E-state index in [0.717, 1.165) is 22.3 Å². The molecule has 64 valence electrons. The molecule has 0 aromatic carbocycles. The third-order valence-corrected chi connectivity index (χ3v) is 2.06. The number of hydrazine groups is 2. The van der Waals surface area contributed by atoms with Crippen molar-refractivity contribution in [3.05, 3.63) is 24.7 Å². The molecule has 3 rings (SSSR count). The van der Waals surface area contributed by atoms with Crippen LogP contribution in [0.15, 0.2) is 24.7 Å². The Morgan fingerprint density at radius 1 is 1.15 bits per heavy atom. The molecule has 2 aromatic heterocycles. The number of fused-ring (bicyclic) bond motifs is 3. The summed E-state index contributed by atoms with van der Waals surface area (Å²) in [6.45, 7) is 0. The average Bonchev–Trinajstić information content (AvgIpc) is 2.65. The SMILES string of the molecule is c1cc2c3c(cnc2cn1)NNN3. The maximum Gasteiger partial charge on any atom is 0.0941 e. The Balaban J connectivity index is 2.43. The summed E-state index contributed by atoms with van der Waals surface area (Å²) in [5.74, 6) is 0. The van der Waals surface area contributed by atoms with Gasteiger partial charge in [-0.2, -0.15) is 0 Å². The molecule has 0 bridgehead atoms. The number of pyridine rings is 2. The predicted octanol–water partition coefficient (Wildman–Crippen LogP) is 0.887. The second kappa shape index (κ2) is 2.30. The van der Waals surface area contributed by atoms with E-state index in [-0.39, 0.29) is 0 Å². The van der Waals surface area contributed by atoms with E-state index in [2.05, 4.69) is 26.4 Å². The standard InChI is InChI=1S/C8H7N5/c1-2-9-3-6-5(1)8-7(4-10-6)11-13-12-8/h1-4,11-13H. The van der Waals surface area contributed by atoms with Gasteiger partial charge >= 0.3 is 0 Å². The first kappa shape index (κ1) is 6.62. The van der Waals surface area contributed by atoms with Gasteiger partial charge in [-0.1, -0.05) is 0 Å². The Morgan fingerprint density at radius 3 is 3.15 bits per heavy atom. The number of hydrogen-bond donors (Lipinski definition) is 3. The quantitative estimate of drug-likeness (QED) is 0.552. The second-order valence-electron chi connectivity index (χ2n) is 2.81. The van der Waals surface area contributed by atoms with E-state index >= 15 is 0 Å². The number of hydrogen-bond acceptors (Lipinski definition) is 5. The van der Waals surface area contributed by atoms with Crippen molar-refractivity contribution >= 4 is 22.3 Å². The van der Waals surface area contributed by atoms with Crippen molar-refractivity contribution < 1.29 is 0 Å². The number of rotatable bonds is 0. The first-order chi connectivity index (χ1) is 6.45. The van der Waals surface area contributed by atoms with Crippen molar-refractivity contribution in [2.75, 3.05) is 10.9 Å². The molecule has 0 saturated heterocycles. The number of aromatic nitrogens is 2. The van der Waals surface area contributed by atoms with E-state index in [4.69, 9.17) is 0 Å². The fourth-order valence-electron chi connectivity index (χ4n) is 1.43. The van der Waals surface area contributed by atoms with Gasteiger partial charge in [-0.15, -0.1) is 5.53 Å². The zero-order chi connectivity index (χ0) is 8.67. The average molecular weight is 173 g/mol. The third-order valence-electron chi connectivity index (χ3n) is 2.06. The molecule has 0 unspecified atom stereocenters. The summed E-state index contributed by atoms with van der Waals surface area (Å²) in [4.78, 5) is 8.26. The van der Waals surface area contributed by atoms with E-state index in [0.29, 0.717) is 0 Å². The zero-order valence-electron chi connectivity index (χ0n) is 6.70. The molecule has 0 saturated carbocycles. The third kappa shape index (κ3) is 0.844. The molecular formula is C8H7N5. The molecule has 5 heteroatoms. The second-order valence-corrected chi connectivity index (χ2v) is 2.81. The fraction of sp³-hybridized carbons (Fsp3) is 0. The van der Waals surface area contributed by atoms with Crippen LogP contribution in [0.2, 0.25) is 0 Å². The van der Waals surface area contributed by atoms with Crippen LogP contribution in [0.3, 0.4) is 0 Å². The molecule has 0 aliphatic carbocycles. The van der Waals surface area contributed by atoms with Crippen molar-refractivity contribution in [3.63, 3.8) is 0 Å². The van der Waals surface area contributed by atoms with Crippen LogP contribution in [0.5, 0.6) is 0 Å². The lowest BCUT2D eigenvalue weighted by molar-refractivity contribution is 1.01. The van der Waals surface area contributed by atoms with Gasteiger partial charge in [0.1, 0.15) is 0 Å². The summed E-state index contributed by atoms with van der Waals surface area (Å²) in [7, 11) is 0. The topological polar surface area (TPSA) is 61.9 Å². The highest BCUT2D eigenvalue weighted by Crippen LogP contribution is 2.30. The van der Waals surface area contributed by atoms with Gasteiger partial charge in [-0.05, 0) is 6.07 Å². The highest BCUT2D eigenvalue weighted by atomic mass is 15.6. The normalized spacial score (nSPS) is 13.5. The Bertz CT molecular complexity index is 467. The van der Waals surface area contributed by atoms with E-state index in [9.17, 15) is 0 Å². The first-order valence-electron chi connectivity index (χ1n) is 3.95. The zero-order valence-corrected chi connectivity index (χ0v) is 6.70. The molecule has 0 amide bonds. The van der Waals surface area contributed by atoms with Gasteiger partial charge in [0.2, 0.25) is 0 Å². The minimum absolute atomic E-state index is 0.888. The van der Waals surface area contributed by atoms with Crippen LogP contribution in [-0.4, -0.2) is 9.97 Å². The summed E-state index contributed by atoms with van der Waals surface area (Å²) < 4.78 is 0. The van der Waals surface area contributed by atoms with E-state index in [1.807, 2.05) is 6.07 Å². The maximum absolute atomic E-state index is 4.25. The molecule has 3 heterocycles. The van der Waals surface area contributed by atoms with Gasteiger partial charge in [0.05, 0.1) is 29.3 Å². The summed E-state index contributed by atoms with van der Waals surface area (Å²) in [6.07, 6.45) is 5.27. The van der Waals surface area contributed by atoms with Crippen molar-refractivity contribution in [1.82, 2.24) is 15.5 Å². The lowest BCUT2D eigenvalue weighted by atomic mass is 10.2. The number of nitrogens with one attached hydrogen (secondary N) is 3. The van der Waals surface area contributed by atoms with Crippen LogP contribution < -0.4 is 16.4 Å². The van der Waals surface area contributed by atoms with Gasteiger partial charge in [0.15, 0.2) is 0 Å². The molecule has 5 nitrogen and oxygen atoms in total. The highest BCUT2D eigenvalue weighted by Gasteiger charge is 2.12. The summed E-state index contributed by atoms with van der Waals surface area (Å²) in [6, 6.07) is 1.93. The van der Waals surface area contributed by atoms with Crippen molar-refractivity contribution in [2.45, 2.75) is 0 Å². The molecule has 1 aliphatic rings. The van der Waals surface area contributed by atoms with Gasteiger partial charge in [0.25, 0.3) is 0 Å². The number of anilines is 2. The van der Waals surface area contributed by atoms with Crippen LogP contribution >= 0.6 is 0 Å². The Morgan fingerprint density at radius 2 is 2.15 bits per heavy atom. The minimum atomic E-state index is 0.888. The summed E-state index contributed by atoms with van der Waals surface area (Å²) in [5, 5.41) is 1.06. The molecule has 2 aromatic rings. The van der Waals surface area contributed by atoms with E-state index in [1.54, 1.807) is 18.6 Å². The van der Waals surface area contributed by atoms with E-state index in [1.165, 1.54) is 0 Å². The molecule has 0 fully saturated rings. The molecule has 13 heavy (non-hydrogen) atoms. The minimum Gasteiger partial charge on any atom is -0.301 e. The first-order valence-corrected chi connectivity index (χ1v) is 3.95. The van der Waals surface area contributed by atoms with Crippen molar-refractivity contribution in [1.29, 1.82) is 0 Å². The molecule has 0 spiro atoms. The van der Waals surface area contributed by atoms with Crippen LogP contribution in [-0.2, 0) is 0 Å². The van der Waals surface area contributed by atoms with Gasteiger partial charge in [-0.25, -0.2) is 0 Å². The van der Waals surface area contributed by atoms with E-state index < -0.39 is 0 Å². The number of nitrogens with zero attached hydrogens (tertiary/aromatic N) is 2. The molecular weight excluding hydrogens is 166 g/mol. The Hall–Kier alpha value is -1.88. The van der Waals surface area contributed by atoms with Crippen LogP contribution in [0.25, 0.3) is 10.9 Å². The van der Waals surface area contributed by atoms with Crippen LogP contribution in [0, 0.1) is 0 Å². The summed E-state index contributed by atoms with van der Waals surface area (Å²) in [5.41, 5.74) is 11.6. The van der Waals surface area contributed by atoms with Gasteiger partial charge in [-0.3, -0.25) is 9.97 Å². The van der Waals surface area contributed by atoms with Gasteiger partial charge < -0.3 is 10.9 Å². The largest absolute Gasteiger partial charge is 0.301 e. The monoisotopic (exact) mass is 173 g/mol. The summed E-state index contributed by atoms with van der Waals surface area (Å²) >= 11 is 0. The highest BCUT2D eigenvalue weighted by molar-refractivity contribution is 5.97. The fourth-order valence-corrected chi connectivity index (χ4v) is 1.43. The molecule has 1 aliphatic heterocycles. The Labute approximate surface area is 74.1 Å². The lowest BCUT2D eigenvalue weighted by Gasteiger charge is -2.00. The molecule has 0 atom stereocenters. The lowest BCUT2D eigenvalue weighted by Crippen LogP contribution is -2.19. The predicted molar refractivity (Wildman–Crippen MR) is 49.9 cm³/mol. The van der Waals surface area contributed by atoms with Gasteiger partial charge in [0, 0.05) is 11.6 Å². The molecule has 3 N–H and O–H groups in total. The van der Waals surface area contributed by atoms with Crippen LogP contribution in [0.4, 0.5) is 11.4 Å². The van der Waals surface area contributed by atoms with Crippen molar-refractivity contribution in [2.24, 2.45) is 0 Å². The van der Waals surface area contributed by atoms with Crippen molar-refractivity contribution in [3.8, 4) is 0 Å². The smallest absolute Gasteiger partial charge is 0.0941 e.